The molecule has 0 saturated carbocycles. The van der Waals surface area contributed by atoms with E-state index in [1.807, 2.05) is 24.3 Å². The van der Waals surface area contributed by atoms with Crippen LogP contribution >= 0.6 is 22.7 Å². The second-order valence-electron chi connectivity index (χ2n) is 7.82. The van der Waals surface area contributed by atoms with E-state index >= 15 is 0 Å². The van der Waals surface area contributed by atoms with E-state index in [-0.39, 0.29) is 0 Å². The van der Waals surface area contributed by atoms with Crippen LogP contribution in [0.15, 0.2) is 81.2 Å². The molecule has 0 amide bonds. The van der Waals surface area contributed by atoms with Gasteiger partial charge in [0.15, 0.2) is 19.7 Å². The quantitative estimate of drug-likeness (QED) is 0.271. The van der Waals surface area contributed by atoms with Crippen molar-refractivity contribution in [2.45, 2.75) is 9.79 Å². The van der Waals surface area contributed by atoms with Crippen LogP contribution in [0, 0.1) is 0 Å². The second kappa shape index (κ2) is 9.84. The van der Waals surface area contributed by atoms with Crippen molar-refractivity contribution < 1.29 is 16.8 Å². The van der Waals surface area contributed by atoms with Crippen LogP contribution in [0.25, 0.3) is 35.4 Å². The van der Waals surface area contributed by atoms with E-state index < -0.39 is 19.7 Å². The van der Waals surface area contributed by atoms with Crippen molar-refractivity contribution in [2.24, 2.45) is 0 Å². The summed E-state index contributed by atoms with van der Waals surface area (Å²) < 4.78 is 46.3. The molecule has 2 aromatic carbocycles. The minimum Gasteiger partial charge on any atom is -0.224 e. The summed E-state index contributed by atoms with van der Waals surface area (Å²) >= 11 is 3.30. The fourth-order valence-electron chi connectivity index (χ4n) is 3.19. The molecule has 0 aliphatic carbocycles. The summed E-state index contributed by atoms with van der Waals surface area (Å²) in [6.07, 6.45) is 10.4. The van der Waals surface area contributed by atoms with Crippen molar-refractivity contribution in [3.05, 3.63) is 92.3 Å². The normalized spacial score (nSPS) is 12.6. The lowest BCUT2D eigenvalue weighted by molar-refractivity contribution is 0.600. The molecular formula is C26H22O4S4. The van der Waals surface area contributed by atoms with Crippen LogP contribution in [0.5, 0.6) is 0 Å². The first kappa shape index (κ1) is 24.3. The van der Waals surface area contributed by atoms with Gasteiger partial charge in [-0.3, -0.25) is 0 Å². The van der Waals surface area contributed by atoms with E-state index in [0.717, 1.165) is 32.0 Å². The highest BCUT2D eigenvalue weighted by Gasteiger charge is 2.07. The zero-order valence-corrected chi connectivity index (χ0v) is 21.8. The Labute approximate surface area is 208 Å². The lowest BCUT2D eigenvalue weighted by atomic mass is 10.1. The van der Waals surface area contributed by atoms with Gasteiger partial charge in [-0.1, -0.05) is 36.4 Å². The van der Waals surface area contributed by atoms with E-state index in [2.05, 4.69) is 22.9 Å². The molecule has 0 aliphatic rings. The summed E-state index contributed by atoms with van der Waals surface area (Å²) in [6, 6.07) is 17.9. The molecule has 2 heterocycles. The van der Waals surface area contributed by atoms with E-state index in [0.29, 0.717) is 9.79 Å². The Hall–Kier alpha value is -2.78. The number of sulfone groups is 2. The van der Waals surface area contributed by atoms with Gasteiger partial charge >= 0.3 is 0 Å². The Kier molecular flexibility index (Phi) is 7.04. The van der Waals surface area contributed by atoms with Gasteiger partial charge in [0.2, 0.25) is 0 Å². The average molecular weight is 527 g/mol. The number of rotatable bonds is 7. The van der Waals surface area contributed by atoms with E-state index in [4.69, 9.17) is 0 Å². The summed E-state index contributed by atoms with van der Waals surface area (Å²) in [4.78, 5) is 2.85. The Balaban J connectivity index is 1.43. The molecule has 34 heavy (non-hydrogen) atoms. The fourth-order valence-corrected chi connectivity index (χ4v) is 6.07. The van der Waals surface area contributed by atoms with E-state index in [1.165, 1.54) is 12.5 Å². The molecule has 0 radical (unpaired) electrons. The van der Waals surface area contributed by atoms with Gasteiger partial charge in [-0.2, -0.15) is 0 Å². The molecule has 4 nitrogen and oxygen atoms in total. The predicted molar refractivity (Wildman–Crippen MR) is 145 cm³/mol. The molecular weight excluding hydrogens is 505 g/mol. The molecule has 4 aromatic rings. The minimum atomic E-state index is -3.19. The number of thiophene rings is 2. The van der Waals surface area contributed by atoms with Crippen LogP contribution in [-0.4, -0.2) is 29.3 Å². The van der Waals surface area contributed by atoms with Crippen LogP contribution in [0.1, 0.15) is 20.9 Å². The van der Waals surface area contributed by atoms with Gasteiger partial charge < -0.3 is 0 Å². The van der Waals surface area contributed by atoms with Crippen molar-refractivity contribution in [2.75, 3.05) is 12.5 Å². The summed E-state index contributed by atoms with van der Waals surface area (Å²) in [5.74, 6) is 0. The van der Waals surface area contributed by atoms with Gasteiger partial charge in [0, 0.05) is 22.3 Å². The summed E-state index contributed by atoms with van der Waals surface area (Å²) in [5, 5.41) is 4.23. The molecule has 0 bridgehead atoms. The number of hydrogen-bond donors (Lipinski definition) is 0. The van der Waals surface area contributed by atoms with Crippen LogP contribution < -0.4 is 0 Å². The van der Waals surface area contributed by atoms with Crippen molar-refractivity contribution in [1.82, 2.24) is 0 Å². The highest BCUT2D eigenvalue weighted by atomic mass is 32.2. The molecule has 0 atom stereocenters. The molecule has 0 fully saturated rings. The fraction of sp³-hybridized carbons (Fsp3) is 0.0769. The van der Waals surface area contributed by atoms with Gasteiger partial charge in [-0.05, 0) is 81.6 Å². The first-order valence-corrected chi connectivity index (χ1v) is 15.8. The summed E-state index contributed by atoms with van der Waals surface area (Å²) in [6.45, 7) is 0. The molecule has 8 heteroatoms. The maximum Gasteiger partial charge on any atom is 0.175 e. The topological polar surface area (TPSA) is 68.3 Å². The lowest BCUT2D eigenvalue weighted by Gasteiger charge is -1.98. The highest BCUT2D eigenvalue weighted by molar-refractivity contribution is 7.91. The smallest absolute Gasteiger partial charge is 0.175 e. The molecule has 0 N–H and O–H groups in total. The minimum absolute atomic E-state index is 0.316. The molecule has 174 valence electrons. The monoisotopic (exact) mass is 526 g/mol. The SMILES string of the molecule is CS(=O)(=O)c1ccc(C=Cc2cc(-c3csc(C=Cc4ccc(S(C)(=O)=O)cc4)c3)cs2)cc1. The van der Waals surface area contributed by atoms with Gasteiger partial charge in [0.25, 0.3) is 0 Å². The third kappa shape index (κ3) is 6.21. The zero-order chi connectivity index (χ0) is 24.3. The van der Waals surface area contributed by atoms with Crippen LogP contribution in [0.4, 0.5) is 0 Å². The molecule has 4 rings (SSSR count). The standard InChI is InChI=1S/C26H22O4S4/c1-33(27,28)25-11-5-19(6-12-25)3-9-23-15-21(17-31-23)22-16-24(32-18-22)10-4-20-7-13-26(14-8-20)34(2,29)30/h3-18H,1-2H3. The third-order valence-electron chi connectivity index (χ3n) is 5.07. The maximum absolute atomic E-state index is 11.6. The maximum atomic E-state index is 11.6. The number of benzene rings is 2. The van der Waals surface area contributed by atoms with E-state index in [9.17, 15) is 16.8 Å². The molecule has 0 aliphatic heterocycles. The molecule has 0 saturated heterocycles. The zero-order valence-electron chi connectivity index (χ0n) is 18.5. The largest absolute Gasteiger partial charge is 0.224 e. The molecule has 2 aromatic heterocycles. The Morgan fingerprint density at radius 2 is 0.912 bits per heavy atom. The molecule has 0 unspecified atom stereocenters. The van der Waals surface area contributed by atoms with Crippen molar-refractivity contribution in [3.8, 4) is 11.1 Å². The van der Waals surface area contributed by atoms with Crippen LogP contribution in [0.2, 0.25) is 0 Å². The predicted octanol–water partition coefficient (Wildman–Crippen LogP) is 6.62. The lowest BCUT2D eigenvalue weighted by Crippen LogP contribution is -1.95. The van der Waals surface area contributed by atoms with Gasteiger partial charge in [0.05, 0.1) is 9.79 Å². The first-order valence-electron chi connectivity index (χ1n) is 10.2. The van der Waals surface area contributed by atoms with E-state index in [1.54, 1.807) is 71.2 Å². The van der Waals surface area contributed by atoms with Gasteiger partial charge in [0.1, 0.15) is 0 Å². The number of hydrogen-bond acceptors (Lipinski definition) is 6. The van der Waals surface area contributed by atoms with Crippen LogP contribution in [0.3, 0.4) is 0 Å². The Morgan fingerprint density at radius 3 is 1.24 bits per heavy atom. The first-order chi connectivity index (χ1) is 16.1. The Bertz CT molecular complexity index is 1450. The van der Waals surface area contributed by atoms with Crippen molar-refractivity contribution >= 4 is 66.7 Å². The summed E-state index contributed by atoms with van der Waals surface area (Å²) in [7, 11) is -6.37. The van der Waals surface area contributed by atoms with Crippen molar-refractivity contribution in [1.29, 1.82) is 0 Å². The van der Waals surface area contributed by atoms with Gasteiger partial charge in [-0.25, -0.2) is 16.8 Å². The second-order valence-corrected chi connectivity index (χ2v) is 13.7. The summed E-state index contributed by atoms with van der Waals surface area (Å²) in [5.41, 5.74) is 4.17. The third-order valence-corrected chi connectivity index (χ3v) is 9.12. The Morgan fingerprint density at radius 1 is 0.559 bits per heavy atom. The molecule has 0 spiro atoms. The van der Waals surface area contributed by atoms with Gasteiger partial charge in [-0.15, -0.1) is 22.7 Å². The van der Waals surface area contributed by atoms with Crippen LogP contribution in [-0.2, 0) is 19.7 Å². The highest BCUT2D eigenvalue weighted by Crippen LogP contribution is 2.31. The van der Waals surface area contributed by atoms with Crippen molar-refractivity contribution in [3.63, 3.8) is 0 Å². The average Bonchev–Trinajstić information content (AvgIpc) is 3.45.